The number of nitrogens with one attached hydrogen (secondary N) is 2. The van der Waals surface area contributed by atoms with Gasteiger partial charge in [0.15, 0.2) is 0 Å². The Bertz CT molecular complexity index is 1390. The highest BCUT2D eigenvalue weighted by atomic mass is 35.5. The fourth-order valence-corrected chi connectivity index (χ4v) is 5.28. The maximum Gasteiger partial charge on any atom is 0.255 e. The summed E-state index contributed by atoms with van der Waals surface area (Å²) in [6.07, 6.45) is 0.462. The standard InChI is InChI=1S/C26H20ClN3O2/c27-20-11-5-1-7-15(20)14-28-25(31)22-13-19-16-8-4-6-12-21(16)29-23(19)24-17-9-2-3-10-18(17)26(32)30(22)24/h1-12,22,24,29H,13-14H2,(H,28,31)/t22-,24-/m0/s1. The number of hydrogen-bond donors (Lipinski definition) is 2. The molecule has 0 radical (unpaired) electrons. The average Bonchev–Trinajstić information content (AvgIpc) is 3.34. The number of fused-ring (bicyclic) bond motifs is 7. The first-order valence-corrected chi connectivity index (χ1v) is 11.0. The monoisotopic (exact) mass is 441 g/mol. The zero-order valence-electron chi connectivity index (χ0n) is 17.1. The number of rotatable bonds is 3. The second-order valence-electron chi connectivity index (χ2n) is 8.29. The summed E-state index contributed by atoms with van der Waals surface area (Å²) in [5.41, 5.74) is 5.57. The Morgan fingerprint density at radius 3 is 2.66 bits per heavy atom. The number of halogens is 1. The van der Waals surface area contributed by atoms with Crippen molar-refractivity contribution in [2.24, 2.45) is 0 Å². The third-order valence-corrected chi connectivity index (χ3v) is 6.93. The van der Waals surface area contributed by atoms with Gasteiger partial charge in [0.05, 0.1) is 6.04 Å². The lowest BCUT2D eigenvalue weighted by molar-refractivity contribution is -0.126. The van der Waals surface area contributed by atoms with Crippen molar-refractivity contribution in [3.05, 3.63) is 106 Å². The van der Waals surface area contributed by atoms with E-state index in [4.69, 9.17) is 11.6 Å². The molecule has 0 saturated heterocycles. The second kappa shape index (κ2) is 7.24. The Morgan fingerprint density at radius 1 is 1.03 bits per heavy atom. The first-order chi connectivity index (χ1) is 15.6. The van der Waals surface area contributed by atoms with Crippen LogP contribution in [0, 0.1) is 0 Å². The van der Waals surface area contributed by atoms with E-state index in [1.807, 2.05) is 60.7 Å². The average molecular weight is 442 g/mol. The van der Waals surface area contributed by atoms with Gasteiger partial charge in [0.1, 0.15) is 6.04 Å². The fraction of sp³-hybridized carbons (Fsp3) is 0.154. The van der Waals surface area contributed by atoms with Crippen molar-refractivity contribution in [2.45, 2.75) is 25.0 Å². The predicted octanol–water partition coefficient (Wildman–Crippen LogP) is 4.61. The van der Waals surface area contributed by atoms with Crippen LogP contribution in [0.15, 0.2) is 72.8 Å². The minimum absolute atomic E-state index is 0.104. The van der Waals surface area contributed by atoms with E-state index in [2.05, 4.69) is 16.4 Å². The molecule has 0 saturated carbocycles. The molecule has 0 unspecified atom stereocenters. The van der Waals surface area contributed by atoms with E-state index in [9.17, 15) is 9.59 Å². The summed E-state index contributed by atoms with van der Waals surface area (Å²) in [4.78, 5) is 32.1. The van der Waals surface area contributed by atoms with Crippen LogP contribution in [0.3, 0.4) is 0 Å². The highest BCUT2D eigenvalue weighted by molar-refractivity contribution is 6.31. The van der Waals surface area contributed by atoms with Crippen LogP contribution in [-0.2, 0) is 17.8 Å². The van der Waals surface area contributed by atoms with Gasteiger partial charge in [-0.2, -0.15) is 0 Å². The third kappa shape index (κ3) is 2.78. The van der Waals surface area contributed by atoms with Crippen LogP contribution in [-0.4, -0.2) is 27.7 Å². The van der Waals surface area contributed by atoms with E-state index in [0.717, 1.165) is 33.3 Å². The second-order valence-corrected chi connectivity index (χ2v) is 8.70. The number of para-hydroxylation sites is 1. The van der Waals surface area contributed by atoms with Crippen molar-refractivity contribution in [1.82, 2.24) is 15.2 Å². The van der Waals surface area contributed by atoms with Gasteiger partial charge < -0.3 is 15.2 Å². The summed E-state index contributed by atoms with van der Waals surface area (Å²) >= 11 is 6.26. The molecule has 3 aromatic carbocycles. The zero-order chi connectivity index (χ0) is 21.8. The fourth-order valence-electron chi connectivity index (χ4n) is 5.08. The summed E-state index contributed by atoms with van der Waals surface area (Å²) < 4.78 is 0. The number of amides is 2. The van der Waals surface area contributed by atoms with Gasteiger partial charge >= 0.3 is 0 Å². The molecule has 4 aromatic rings. The van der Waals surface area contributed by atoms with Crippen molar-refractivity contribution < 1.29 is 9.59 Å². The van der Waals surface area contributed by atoms with Gasteiger partial charge in [0.25, 0.3) is 5.91 Å². The van der Waals surface area contributed by atoms with E-state index in [-0.39, 0.29) is 17.9 Å². The van der Waals surface area contributed by atoms with Gasteiger partial charge in [-0.1, -0.05) is 66.2 Å². The first kappa shape index (κ1) is 19.1. The number of hydrogen-bond acceptors (Lipinski definition) is 2. The van der Waals surface area contributed by atoms with Gasteiger partial charge in [-0.25, -0.2) is 0 Å². The van der Waals surface area contributed by atoms with Crippen molar-refractivity contribution in [3.8, 4) is 0 Å². The normalized spacial score (nSPS) is 18.9. The quantitative estimate of drug-likeness (QED) is 0.487. The van der Waals surface area contributed by atoms with E-state index < -0.39 is 6.04 Å². The zero-order valence-corrected chi connectivity index (χ0v) is 17.9. The molecular formula is C26H20ClN3O2. The molecule has 2 atom stereocenters. The van der Waals surface area contributed by atoms with Gasteiger partial charge in [-0.3, -0.25) is 9.59 Å². The maximum atomic E-state index is 13.4. The van der Waals surface area contributed by atoms with Gasteiger partial charge in [-0.15, -0.1) is 0 Å². The highest BCUT2D eigenvalue weighted by Gasteiger charge is 2.48. The predicted molar refractivity (Wildman–Crippen MR) is 124 cm³/mol. The molecule has 2 aliphatic heterocycles. The number of benzene rings is 3. The Kier molecular flexibility index (Phi) is 4.33. The number of carbonyl (C=O) groups excluding carboxylic acids is 2. The summed E-state index contributed by atoms with van der Waals surface area (Å²) in [5, 5.41) is 4.72. The third-order valence-electron chi connectivity index (χ3n) is 6.57. The van der Waals surface area contributed by atoms with E-state index in [1.165, 1.54) is 0 Å². The number of aromatic amines is 1. The van der Waals surface area contributed by atoms with Crippen LogP contribution in [0.25, 0.3) is 10.9 Å². The molecule has 3 heterocycles. The van der Waals surface area contributed by atoms with Crippen LogP contribution in [0.4, 0.5) is 0 Å². The molecule has 2 amide bonds. The van der Waals surface area contributed by atoms with Crippen molar-refractivity contribution in [1.29, 1.82) is 0 Å². The Morgan fingerprint density at radius 2 is 1.78 bits per heavy atom. The number of aromatic nitrogens is 1. The summed E-state index contributed by atoms with van der Waals surface area (Å²) in [6.45, 7) is 0.315. The number of carbonyl (C=O) groups is 2. The van der Waals surface area contributed by atoms with Crippen LogP contribution < -0.4 is 5.32 Å². The van der Waals surface area contributed by atoms with Crippen LogP contribution in [0.2, 0.25) is 5.02 Å². The summed E-state index contributed by atoms with van der Waals surface area (Å²) in [5.74, 6) is -0.278. The number of nitrogens with zero attached hydrogens (tertiary/aromatic N) is 1. The molecule has 0 spiro atoms. The van der Waals surface area contributed by atoms with Crippen molar-refractivity contribution >= 4 is 34.3 Å². The minimum atomic E-state index is -0.603. The lowest BCUT2D eigenvalue weighted by Crippen LogP contribution is -2.52. The van der Waals surface area contributed by atoms with Gasteiger partial charge in [-0.05, 0) is 34.9 Å². The van der Waals surface area contributed by atoms with Crippen LogP contribution in [0.1, 0.15) is 38.8 Å². The van der Waals surface area contributed by atoms with Crippen molar-refractivity contribution in [2.75, 3.05) is 0 Å². The Balaban J connectivity index is 1.42. The van der Waals surface area contributed by atoms with Crippen LogP contribution >= 0.6 is 11.6 Å². The molecule has 6 rings (SSSR count). The molecule has 2 N–H and O–H groups in total. The molecule has 32 heavy (non-hydrogen) atoms. The first-order valence-electron chi connectivity index (χ1n) is 10.7. The molecule has 158 valence electrons. The lowest BCUT2D eigenvalue weighted by atomic mass is 9.90. The van der Waals surface area contributed by atoms with E-state index >= 15 is 0 Å². The molecule has 0 fully saturated rings. The van der Waals surface area contributed by atoms with Gasteiger partial charge in [0.2, 0.25) is 5.91 Å². The van der Waals surface area contributed by atoms with Crippen molar-refractivity contribution in [3.63, 3.8) is 0 Å². The molecule has 6 heteroatoms. The van der Waals surface area contributed by atoms with E-state index in [1.54, 1.807) is 11.0 Å². The maximum absolute atomic E-state index is 13.4. The van der Waals surface area contributed by atoms with Crippen LogP contribution in [0.5, 0.6) is 0 Å². The Labute approximate surface area is 190 Å². The molecule has 1 aromatic heterocycles. The van der Waals surface area contributed by atoms with Gasteiger partial charge in [0, 0.05) is 40.1 Å². The topological polar surface area (TPSA) is 65.2 Å². The molecule has 0 aliphatic carbocycles. The highest BCUT2D eigenvalue weighted by Crippen LogP contribution is 2.46. The smallest absolute Gasteiger partial charge is 0.255 e. The summed E-state index contributed by atoms with van der Waals surface area (Å²) in [6, 6.07) is 22.3. The largest absolute Gasteiger partial charge is 0.356 e. The molecule has 2 aliphatic rings. The van der Waals surface area contributed by atoms with E-state index in [0.29, 0.717) is 23.6 Å². The lowest BCUT2D eigenvalue weighted by Gasteiger charge is -2.37. The molecular weight excluding hydrogens is 422 g/mol. The summed E-state index contributed by atoms with van der Waals surface area (Å²) in [7, 11) is 0. The minimum Gasteiger partial charge on any atom is -0.356 e. The SMILES string of the molecule is O=C(NCc1ccccc1Cl)[C@@H]1Cc2c([nH]c3ccccc23)[C@@H]2c3ccccc3C(=O)N21. The molecule has 0 bridgehead atoms. The Hall–Kier alpha value is -3.57. The molecule has 5 nitrogen and oxygen atoms in total. The number of H-pyrrole nitrogens is 1.